The summed E-state index contributed by atoms with van der Waals surface area (Å²) in [6.45, 7) is 2.52. The molecule has 1 heterocycles. The van der Waals surface area contributed by atoms with Gasteiger partial charge in [-0.1, -0.05) is 17.7 Å². The van der Waals surface area contributed by atoms with E-state index in [1.807, 2.05) is 6.92 Å². The molecule has 8 nitrogen and oxygen atoms in total. The smallest absolute Gasteiger partial charge is 0.549 e. The number of methoxy groups -OCH3 is 2. The van der Waals surface area contributed by atoms with Crippen LogP contribution < -0.4 is 58.5 Å². The van der Waals surface area contributed by atoms with Gasteiger partial charge >= 0.3 is 29.6 Å². The number of halogens is 1. The van der Waals surface area contributed by atoms with Crippen molar-refractivity contribution in [2.45, 2.75) is 19.3 Å². The van der Waals surface area contributed by atoms with Gasteiger partial charge in [0, 0.05) is 35.6 Å². The van der Waals surface area contributed by atoms with Gasteiger partial charge in [-0.25, -0.2) is 0 Å². The topological polar surface area (TPSA) is 97.4 Å². The van der Waals surface area contributed by atoms with Crippen LogP contribution in [-0.4, -0.2) is 39.2 Å². The number of carbonyl (C=O) groups is 2. The Labute approximate surface area is 242 Å². The van der Waals surface area contributed by atoms with E-state index in [0.717, 1.165) is 0 Å². The van der Waals surface area contributed by atoms with Gasteiger partial charge in [-0.2, -0.15) is 0 Å². The molecule has 1 aliphatic rings. The summed E-state index contributed by atoms with van der Waals surface area (Å²) in [6.07, 6.45) is 0.316. The van der Waals surface area contributed by atoms with Crippen LogP contribution in [0.1, 0.15) is 35.2 Å². The van der Waals surface area contributed by atoms with Crippen LogP contribution in [0.2, 0.25) is 5.02 Å². The van der Waals surface area contributed by atoms with Gasteiger partial charge in [-0.15, -0.1) is 0 Å². The summed E-state index contributed by atoms with van der Waals surface area (Å²) in [7, 11) is 3.08. The van der Waals surface area contributed by atoms with E-state index >= 15 is 0 Å². The molecule has 0 bridgehead atoms. The number of para-hydroxylation sites is 1. The second kappa shape index (κ2) is 12.6. The average Bonchev–Trinajstić information content (AvgIpc) is 2.89. The third-order valence-electron chi connectivity index (χ3n) is 5.95. The molecule has 0 aromatic heterocycles. The minimum Gasteiger partial charge on any atom is -0.549 e. The molecular formula is C27H25ClNNaO7. The summed E-state index contributed by atoms with van der Waals surface area (Å²) in [5, 5.41) is 11.7. The summed E-state index contributed by atoms with van der Waals surface area (Å²) in [5.74, 6) is 0.00199. The molecule has 1 amide bonds. The molecule has 1 aliphatic heterocycles. The number of hydrogen-bond acceptors (Lipinski definition) is 7. The zero-order valence-electron chi connectivity index (χ0n) is 21.1. The van der Waals surface area contributed by atoms with Crippen LogP contribution in [0.4, 0.5) is 5.69 Å². The van der Waals surface area contributed by atoms with Gasteiger partial charge in [0.1, 0.15) is 34.4 Å². The minimum absolute atomic E-state index is 0. The molecular weight excluding hydrogens is 509 g/mol. The standard InChI is InChI=1S/C27H26ClNO7.Na/c1-4-29(25-21(33-2)6-5-7-22(25)34-3)26(30)16-8-10-17(11-9-16)36-24-15-23-19(14-20(24)28)18(27(31)32)12-13-35-23;/h5-11,14-15,18H,4,12-13H2,1-3H3,(H,31,32);/q;+1/p-1. The zero-order chi connectivity index (χ0) is 25.8. The number of carboxylic acids is 1. The molecule has 37 heavy (non-hydrogen) atoms. The van der Waals surface area contributed by atoms with Crippen molar-refractivity contribution in [3.63, 3.8) is 0 Å². The van der Waals surface area contributed by atoms with Crippen LogP contribution in [0, 0.1) is 0 Å². The van der Waals surface area contributed by atoms with Crippen LogP contribution in [-0.2, 0) is 4.79 Å². The van der Waals surface area contributed by atoms with Crippen molar-refractivity contribution < 1.29 is 63.2 Å². The monoisotopic (exact) mass is 533 g/mol. The van der Waals surface area contributed by atoms with E-state index in [0.29, 0.717) is 58.5 Å². The first kappa shape index (κ1) is 28.7. The van der Waals surface area contributed by atoms with E-state index in [9.17, 15) is 14.7 Å². The van der Waals surface area contributed by atoms with Gasteiger partial charge in [-0.05, 0) is 55.8 Å². The average molecular weight is 534 g/mol. The molecule has 0 aliphatic carbocycles. The van der Waals surface area contributed by atoms with Crippen molar-refractivity contribution in [1.82, 2.24) is 0 Å². The maximum absolute atomic E-state index is 13.4. The Kier molecular flexibility index (Phi) is 9.73. The van der Waals surface area contributed by atoms with Gasteiger partial charge in [0.05, 0.1) is 25.8 Å². The Morgan fingerprint density at radius 1 is 1.05 bits per heavy atom. The Bertz CT molecular complexity index is 1260. The number of ether oxygens (including phenoxy) is 4. The minimum atomic E-state index is -1.17. The predicted octanol–water partition coefficient (Wildman–Crippen LogP) is 1.44. The van der Waals surface area contributed by atoms with E-state index in [4.69, 9.17) is 30.5 Å². The first-order valence-corrected chi connectivity index (χ1v) is 11.7. The third-order valence-corrected chi connectivity index (χ3v) is 6.25. The number of benzene rings is 3. The summed E-state index contributed by atoms with van der Waals surface area (Å²) in [6, 6.07) is 15.0. The fourth-order valence-corrected chi connectivity index (χ4v) is 4.37. The summed E-state index contributed by atoms with van der Waals surface area (Å²) >= 11 is 6.37. The molecule has 3 aromatic rings. The maximum atomic E-state index is 13.4. The Hall–Kier alpha value is -2.91. The Balaban J connectivity index is 0.00000380. The van der Waals surface area contributed by atoms with Crippen molar-refractivity contribution >= 4 is 29.2 Å². The summed E-state index contributed by atoms with van der Waals surface area (Å²) in [4.78, 5) is 26.4. The predicted molar refractivity (Wildman–Crippen MR) is 133 cm³/mol. The normalized spacial score (nSPS) is 13.9. The number of carboxylic acid groups (broad SMARTS) is 1. The van der Waals surface area contributed by atoms with Gasteiger partial charge in [0.15, 0.2) is 0 Å². The number of anilines is 1. The molecule has 0 radical (unpaired) electrons. The number of rotatable bonds is 8. The molecule has 1 atom stereocenters. The second-order valence-electron chi connectivity index (χ2n) is 8.02. The quantitative estimate of drug-likeness (QED) is 0.404. The second-order valence-corrected chi connectivity index (χ2v) is 8.42. The van der Waals surface area contributed by atoms with E-state index < -0.39 is 11.9 Å². The number of carbonyl (C=O) groups excluding carboxylic acids is 2. The van der Waals surface area contributed by atoms with E-state index in [1.54, 1.807) is 53.4 Å². The van der Waals surface area contributed by atoms with Crippen LogP contribution in [0.5, 0.6) is 28.7 Å². The summed E-state index contributed by atoms with van der Waals surface area (Å²) < 4.78 is 22.4. The largest absolute Gasteiger partial charge is 1.00 e. The SMILES string of the molecule is CCN(C(=O)c1ccc(Oc2cc3c(cc2Cl)C(C(=O)[O-])CCO3)cc1)c1c(OC)cccc1OC.[Na+]. The Morgan fingerprint density at radius 3 is 2.27 bits per heavy atom. The van der Waals surface area contributed by atoms with Crippen molar-refractivity contribution in [3.8, 4) is 28.7 Å². The molecule has 0 fully saturated rings. The number of aliphatic carboxylic acids is 1. The van der Waals surface area contributed by atoms with Gasteiger partial charge in [0.25, 0.3) is 5.91 Å². The van der Waals surface area contributed by atoms with Crippen molar-refractivity contribution in [2.24, 2.45) is 0 Å². The van der Waals surface area contributed by atoms with Crippen LogP contribution in [0.15, 0.2) is 54.6 Å². The molecule has 4 rings (SSSR count). The van der Waals surface area contributed by atoms with Crippen LogP contribution in [0.25, 0.3) is 0 Å². The molecule has 0 spiro atoms. The Morgan fingerprint density at radius 2 is 1.70 bits per heavy atom. The van der Waals surface area contributed by atoms with E-state index in [1.165, 1.54) is 20.3 Å². The first-order chi connectivity index (χ1) is 17.4. The number of nitrogens with zero attached hydrogens (tertiary/aromatic N) is 1. The van der Waals surface area contributed by atoms with E-state index in [-0.39, 0.29) is 47.1 Å². The molecule has 0 saturated carbocycles. The van der Waals surface area contributed by atoms with Crippen molar-refractivity contribution in [2.75, 3.05) is 32.3 Å². The fraction of sp³-hybridized carbons (Fsp3) is 0.259. The third kappa shape index (κ3) is 5.99. The number of amides is 1. The maximum Gasteiger partial charge on any atom is 1.00 e. The molecule has 10 heteroatoms. The molecule has 1 unspecified atom stereocenters. The molecule has 0 saturated heterocycles. The van der Waals surface area contributed by atoms with Crippen molar-refractivity contribution in [1.29, 1.82) is 0 Å². The fourth-order valence-electron chi connectivity index (χ4n) is 4.16. The van der Waals surface area contributed by atoms with E-state index in [2.05, 4.69) is 0 Å². The first-order valence-electron chi connectivity index (χ1n) is 11.4. The molecule has 188 valence electrons. The molecule has 3 aromatic carbocycles. The van der Waals surface area contributed by atoms with Gasteiger partial charge in [0.2, 0.25) is 0 Å². The number of fused-ring (bicyclic) bond motifs is 1. The van der Waals surface area contributed by atoms with Crippen LogP contribution >= 0.6 is 11.6 Å². The van der Waals surface area contributed by atoms with Crippen molar-refractivity contribution in [3.05, 3.63) is 70.7 Å². The van der Waals surface area contributed by atoms with Gasteiger partial charge < -0.3 is 33.7 Å². The number of hydrogen-bond donors (Lipinski definition) is 0. The van der Waals surface area contributed by atoms with Gasteiger partial charge in [-0.3, -0.25) is 4.79 Å². The molecule has 0 N–H and O–H groups in total. The summed E-state index contributed by atoms with van der Waals surface area (Å²) in [5.41, 5.74) is 1.45. The zero-order valence-corrected chi connectivity index (χ0v) is 23.8. The van der Waals surface area contributed by atoms with Crippen LogP contribution in [0.3, 0.4) is 0 Å².